The van der Waals surface area contributed by atoms with Gasteiger partial charge in [0.2, 0.25) is 0 Å². The summed E-state index contributed by atoms with van der Waals surface area (Å²) in [6.07, 6.45) is 15.8. The molecule has 0 N–H and O–H groups in total. The number of hydrogen-bond acceptors (Lipinski definition) is 4. The van der Waals surface area contributed by atoms with E-state index in [0.717, 1.165) is 70.6 Å². The molecule has 6 rings (SSSR count). The van der Waals surface area contributed by atoms with Gasteiger partial charge in [-0.25, -0.2) is 0 Å². The highest BCUT2D eigenvalue weighted by molar-refractivity contribution is 5.74. The molecule has 7 atom stereocenters. The van der Waals surface area contributed by atoms with E-state index in [4.69, 9.17) is 9.47 Å². The van der Waals surface area contributed by atoms with Gasteiger partial charge in [0.05, 0.1) is 0 Å². The van der Waals surface area contributed by atoms with Crippen LogP contribution in [0, 0.1) is 29.1 Å². The summed E-state index contributed by atoms with van der Waals surface area (Å²) in [7, 11) is 0. The van der Waals surface area contributed by atoms with E-state index in [1.54, 1.807) is 16.7 Å². The van der Waals surface area contributed by atoms with Gasteiger partial charge >= 0.3 is 11.9 Å². The first kappa shape index (κ1) is 35.5. The summed E-state index contributed by atoms with van der Waals surface area (Å²) in [6.45, 7) is 20.4. The maximum absolute atomic E-state index is 13.6. The van der Waals surface area contributed by atoms with Crippen molar-refractivity contribution < 1.29 is 19.1 Å². The van der Waals surface area contributed by atoms with Gasteiger partial charge < -0.3 is 9.47 Å². The number of rotatable bonds is 8. The first-order valence-electron chi connectivity index (χ1n) is 19.6. The van der Waals surface area contributed by atoms with E-state index in [2.05, 4.69) is 79.7 Å². The van der Waals surface area contributed by atoms with Gasteiger partial charge in [-0.2, -0.15) is 0 Å². The molecule has 7 unspecified atom stereocenters. The Morgan fingerprint density at radius 2 is 1.31 bits per heavy atom. The lowest BCUT2D eigenvalue weighted by Crippen LogP contribution is -2.55. The van der Waals surface area contributed by atoms with Crippen LogP contribution < -0.4 is 0 Å². The van der Waals surface area contributed by atoms with Crippen LogP contribution in [0.5, 0.6) is 0 Å². The molecule has 0 heterocycles. The Morgan fingerprint density at radius 1 is 0.729 bits per heavy atom. The Balaban J connectivity index is 1.08. The molecule has 264 valence electrons. The summed E-state index contributed by atoms with van der Waals surface area (Å²) in [5, 5.41) is 0. The van der Waals surface area contributed by atoms with Gasteiger partial charge in [0.1, 0.15) is 11.2 Å². The first-order valence-corrected chi connectivity index (χ1v) is 19.6. The molecule has 4 heteroatoms. The van der Waals surface area contributed by atoms with Gasteiger partial charge in [0, 0.05) is 24.7 Å². The lowest BCUT2D eigenvalue weighted by molar-refractivity contribution is -0.179. The number of hydrogen-bond donors (Lipinski definition) is 0. The van der Waals surface area contributed by atoms with Crippen molar-refractivity contribution >= 4 is 11.9 Å². The van der Waals surface area contributed by atoms with E-state index in [-0.39, 0.29) is 41.5 Å². The summed E-state index contributed by atoms with van der Waals surface area (Å²) in [5.41, 5.74) is 8.29. The second-order valence-corrected chi connectivity index (χ2v) is 18.3. The average molecular weight is 657 g/mol. The predicted octanol–water partition coefficient (Wildman–Crippen LogP) is 11.1. The fraction of sp³-hybridized carbons (Fsp3) is 0.727. The minimum absolute atomic E-state index is 0.0102. The lowest BCUT2D eigenvalue weighted by Gasteiger charge is -2.56. The third-order valence-corrected chi connectivity index (χ3v) is 14.1. The largest absolute Gasteiger partial charge is 0.459 e. The quantitative estimate of drug-likeness (QED) is 0.261. The third kappa shape index (κ3) is 6.37. The zero-order valence-corrected chi connectivity index (χ0v) is 31.7. The smallest absolute Gasteiger partial charge is 0.306 e. The molecule has 4 nitrogen and oxygen atoms in total. The van der Waals surface area contributed by atoms with Crippen molar-refractivity contribution in [2.45, 2.75) is 175 Å². The average Bonchev–Trinajstić information content (AvgIpc) is 2.99. The van der Waals surface area contributed by atoms with Crippen molar-refractivity contribution in [3.05, 3.63) is 57.7 Å². The summed E-state index contributed by atoms with van der Waals surface area (Å²) < 4.78 is 13.0. The molecular formula is C44H64O4. The summed E-state index contributed by atoms with van der Waals surface area (Å²) in [5.74, 6) is 1.31. The van der Waals surface area contributed by atoms with Gasteiger partial charge in [0.15, 0.2) is 0 Å². The molecule has 0 aliphatic heterocycles. The maximum Gasteiger partial charge on any atom is 0.306 e. The summed E-state index contributed by atoms with van der Waals surface area (Å²) in [6, 6.07) is 7.10. The van der Waals surface area contributed by atoms with Crippen LogP contribution in [-0.4, -0.2) is 23.1 Å². The Bertz CT molecular complexity index is 1480. The Hall–Kier alpha value is -2.36. The molecule has 0 aromatic heterocycles. The highest BCUT2D eigenvalue weighted by Crippen LogP contribution is 2.60. The minimum Gasteiger partial charge on any atom is -0.459 e. The normalized spacial score (nSPS) is 35.2. The molecule has 0 bridgehead atoms. The van der Waals surface area contributed by atoms with Gasteiger partial charge in [-0.1, -0.05) is 83.9 Å². The maximum atomic E-state index is 13.6. The zero-order valence-electron chi connectivity index (χ0n) is 31.7. The molecule has 2 saturated carbocycles. The number of ether oxygens (including phenoxy) is 2. The van der Waals surface area contributed by atoms with Crippen molar-refractivity contribution in [3.8, 4) is 0 Å². The van der Waals surface area contributed by atoms with Crippen molar-refractivity contribution in [2.24, 2.45) is 29.1 Å². The monoisotopic (exact) mass is 656 g/mol. The van der Waals surface area contributed by atoms with E-state index in [1.807, 2.05) is 6.92 Å². The second kappa shape index (κ2) is 13.1. The van der Waals surface area contributed by atoms with E-state index in [9.17, 15) is 9.59 Å². The fourth-order valence-corrected chi connectivity index (χ4v) is 11.6. The van der Waals surface area contributed by atoms with Crippen LogP contribution in [0.2, 0.25) is 0 Å². The Morgan fingerprint density at radius 3 is 1.92 bits per heavy atom. The number of aryl methyl sites for hydroxylation is 1. The van der Waals surface area contributed by atoms with E-state index in [0.29, 0.717) is 23.7 Å². The SMILES string of the molecule is CC(CC(=O)OC1(C)CCCC2(C)C3=C(C=C(C(C)C)CC3)CCC12)CC(=O)OC1(C)CCCC2(C)c3ccc(C(C)C)cc3CCC12. The molecule has 0 amide bonds. The Kier molecular flexibility index (Phi) is 9.66. The predicted molar refractivity (Wildman–Crippen MR) is 195 cm³/mol. The van der Waals surface area contributed by atoms with Crippen LogP contribution in [0.3, 0.4) is 0 Å². The van der Waals surface area contributed by atoms with Crippen LogP contribution in [-0.2, 0) is 30.9 Å². The summed E-state index contributed by atoms with van der Waals surface area (Å²) >= 11 is 0. The molecule has 1 aromatic rings. The molecule has 0 spiro atoms. The fourth-order valence-electron chi connectivity index (χ4n) is 11.6. The van der Waals surface area contributed by atoms with Gasteiger partial charge in [0.25, 0.3) is 0 Å². The number of carbonyl (C=O) groups is 2. The zero-order chi connectivity index (χ0) is 34.6. The molecule has 48 heavy (non-hydrogen) atoms. The van der Waals surface area contributed by atoms with Gasteiger partial charge in [-0.05, 0) is 142 Å². The number of allylic oxidation sites excluding steroid dienone is 4. The molecule has 1 aromatic carbocycles. The number of fused-ring (bicyclic) bond motifs is 5. The lowest BCUT2D eigenvalue weighted by atomic mass is 9.52. The highest BCUT2D eigenvalue weighted by atomic mass is 16.6. The van der Waals surface area contributed by atoms with Crippen LogP contribution in [0.15, 0.2) is 41.0 Å². The van der Waals surface area contributed by atoms with Crippen molar-refractivity contribution in [2.75, 3.05) is 0 Å². The van der Waals surface area contributed by atoms with Crippen molar-refractivity contribution in [3.63, 3.8) is 0 Å². The molecule has 5 aliphatic carbocycles. The number of benzene rings is 1. The van der Waals surface area contributed by atoms with E-state index >= 15 is 0 Å². The van der Waals surface area contributed by atoms with Crippen molar-refractivity contribution in [1.29, 1.82) is 0 Å². The van der Waals surface area contributed by atoms with Crippen LogP contribution in [0.4, 0.5) is 0 Å². The number of esters is 2. The Labute approximate surface area is 291 Å². The van der Waals surface area contributed by atoms with Crippen LogP contribution in [0.1, 0.15) is 168 Å². The second-order valence-electron chi connectivity index (χ2n) is 18.3. The first-order chi connectivity index (χ1) is 22.6. The van der Waals surface area contributed by atoms with Crippen molar-refractivity contribution in [1.82, 2.24) is 0 Å². The topological polar surface area (TPSA) is 52.6 Å². The molecule has 0 radical (unpaired) electrons. The molecule has 0 saturated heterocycles. The minimum atomic E-state index is -0.489. The van der Waals surface area contributed by atoms with Gasteiger partial charge in [-0.15, -0.1) is 0 Å². The number of carbonyl (C=O) groups excluding carboxylic acids is 2. The molecule has 5 aliphatic rings. The highest BCUT2D eigenvalue weighted by Gasteiger charge is 2.55. The molecule has 2 fully saturated rings. The van der Waals surface area contributed by atoms with E-state index < -0.39 is 11.2 Å². The van der Waals surface area contributed by atoms with Crippen LogP contribution in [0.25, 0.3) is 0 Å². The summed E-state index contributed by atoms with van der Waals surface area (Å²) in [4.78, 5) is 27.1. The van der Waals surface area contributed by atoms with E-state index in [1.165, 1.54) is 23.1 Å². The molecular weight excluding hydrogens is 592 g/mol. The van der Waals surface area contributed by atoms with Crippen LogP contribution >= 0.6 is 0 Å². The van der Waals surface area contributed by atoms with Gasteiger partial charge in [-0.3, -0.25) is 9.59 Å². The standard InChI is InChI=1S/C44H64O4/c1-28(2)31-12-16-35-33(26-31)14-18-37-41(35,6)20-10-22-43(37,8)47-39(45)24-30(5)25-40(46)48-44(9)23-11-21-42(7)36-17-13-32(29(3)4)27-34(36)15-19-38(42)44/h12,16,26-30,37-38H,10-11,13-15,17-25H2,1-9H3. The third-order valence-electron chi connectivity index (χ3n) is 14.1.